The minimum Gasteiger partial charge on any atom is -0.508 e. The Morgan fingerprint density at radius 1 is 0.850 bits per heavy atom. The molecular formula is C16H12OS3. The smallest absolute Gasteiger partial charge is 0.115 e. The largest absolute Gasteiger partial charge is 0.508 e. The van der Waals surface area contributed by atoms with Gasteiger partial charge in [-0.3, -0.25) is 0 Å². The summed E-state index contributed by atoms with van der Waals surface area (Å²) in [5.41, 5.74) is 4.59. The number of hydrogen-bond acceptors (Lipinski definition) is 4. The van der Waals surface area contributed by atoms with E-state index in [0.29, 0.717) is 0 Å². The van der Waals surface area contributed by atoms with Crippen LogP contribution in [0, 0.1) is 10.7 Å². The molecule has 0 fully saturated rings. The van der Waals surface area contributed by atoms with Gasteiger partial charge in [0, 0.05) is 5.56 Å². The molecule has 0 spiro atoms. The highest BCUT2D eigenvalue weighted by atomic mass is 32.9. The molecule has 0 aliphatic heterocycles. The zero-order chi connectivity index (χ0) is 14.1. The number of aryl methyl sites for hydroxylation is 1. The van der Waals surface area contributed by atoms with E-state index in [1.165, 1.54) is 16.0 Å². The highest BCUT2D eigenvalue weighted by Gasteiger charge is 2.12. The molecule has 0 radical (unpaired) electrons. The Bertz CT molecular complexity index is 780. The lowest BCUT2D eigenvalue weighted by Crippen LogP contribution is -1.80. The van der Waals surface area contributed by atoms with Gasteiger partial charge in [0.05, 0.1) is 4.88 Å². The van der Waals surface area contributed by atoms with Gasteiger partial charge in [-0.05, 0) is 30.2 Å². The number of rotatable bonds is 2. The Morgan fingerprint density at radius 3 is 2.10 bits per heavy atom. The molecule has 100 valence electrons. The number of aromatic hydroxyl groups is 1. The number of phenolic OH excluding ortho intramolecular Hbond substituents is 1. The molecule has 0 amide bonds. The molecule has 3 aromatic rings. The molecule has 0 bridgehead atoms. The predicted octanol–water partition coefficient (Wildman–Crippen LogP) is 5.89. The lowest BCUT2D eigenvalue weighted by atomic mass is 10.0. The number of phenols is 1. The van der Waals surface area contributed by atoms with Crippen LogP contribution in [-0.4, -0.2) is 5.11 Å². The van der Waals surface area contributed by atoms with Crippen LogP contribution in [0.4, 0.5) is 0 Å². The second-order valence-electron chi connectivity index (χ2n) is 4.57. The molecule has 0 aliphatic carbocycles. The maximum absolute atomic E-state index is 9.42. The molecule has 3 rings (SSSR count). The van der Waals surface area contributed by atoms with Crippen LogP contribution in [0.2, 0.25) is 0 Å². The Balaban J connectivity index is 2.17. The Morgan fingerprint density at radius 2 is 1.45 bits per heavy atom. The average molecular weight is 316 g/mol. The average Bonchev–Trinajstić information content (AvgIpc) is 2.83. The second kappa shape index (κ2) is 5.48. The van der Waals surface area contributed by atoms with E-state index in [4.69, 9.17) is 12.2 Å². The monoisotopic (exact) mass is 316 g/mol. The van der Waals surface area contributed by atoms with Crippen molar-refractivity contribution in [3.63, 3.8) is 0 Å². The third-order valence-corrected chi connectivity index (χ3v) is 6.17. The number of benzene rings is 2. The SMILES string of the molecule is Cc1ccc(-c2ssc(=S)c2-c2ccc(O)cc2)cc1. The third kappa shape index (κ3) is 2.54. The lowest BCUT2D eigenvalue weighted by molar-refractivity contribution is 0.475. The lowest BCUT2D eigenvalue weighted by Gasteiger charge is -2.04. The van der Waals surface area contributed by atoms with Gasteiger partial charge >= 0.3 is 0 Å². The highest BCUT2D eigenvalue weighted by molar-refractivity contribution is 7.80. The summed E-state index contributed by atoms with van der Waals surface area (Å²) in [7, 11) is 3.33. The molecule has 4 heteroatoms. The zero-order valence-corrected chi connectivity index (χ0v) is 13.2. The molecule has 0 atom stereocenters. The molecule has 20 heavy (non-hydrogen) atoms. The van der Waals surface area contributed by atoms with Gasteiger partial charge in [0.25, 0.3) is 0 Å². The van der Waals surface area contributed by atoms with Gasteiger partial charge in [-0.1, -0.05) is 74.9 Å². The molecule has 1 N–H and O–H groups in total. The van der Waals surface area contributed by atoms with Crippen molar-refractivity contribution in [1.29, 1.82) is 0 Å². The van der Waals surface area contributed by atoms with E-state index in [2.05, 4.69) is 31.2 Å². The van der Waals surface area contributed by atoms with Crippen LogP contribution in [0.1, 0.15) is 5.56 Å². The van der Waals surface area contributed by atoms with Gasteiger partial charge < -0.3 is 5.11 Å². The van der Waals surface area contributed by atoms with Crippen LogP contribution < -0.4 is 0 Å². The van der Waals surface area contributed by atoms with Gasteiger partial charge in [0.1, 0.15) is 9.57 Å². The normalized spacial score (nSPS) is 10.7. The number of hydrogen-bond donors (Lipinski definition) is 1. The molecule has 0 saturated heterocycles. The van der Waals surface area contributed by atoms with Crippen LogP contribution in [0.25, 0.3) is 21.6 Å². The van der Waals surface area contributed by atoms with E-state index in [1.54, 1.807) is 32.8 Å². The maximum Gasteiger partial charge on any atom is 0.115 e. The van der Waals surface area contributed by atoms with E-state index < -0.39 is 0 Å². The van der Waals surface area contributed by atoms with E-state index in [9.17, 15) is 5.11 Å². The first-order valence-electron chi connectivity index (χ1n) is 6.15. The van der Waals surface area contributed by atoms with E-state index >= 15 is 0 Å². The fourth-order valence-electron chi connectivity index (χ4n) is 2.03. The van der Waals surface area contributed by atoms with Crippen LogP contribution in [-0.2, 0) is 0 Å². The van der Waals surface area contributed by atoms with Gasteiger partial charge in [-0.15, -0.1) is 0 Å². The minimum atomic E-state index is 0.274. The summed E-state index contributed by atoms with van der Waals surface area (Å²) in [5, 5.41) is 9.42. The fraction of sp³-hybridized carbons (Fsp3) is 0.0625. The first kappa shape index (κ1) is 13.5. The van der Waals surface area contributed by atoms with Crippen molar-refractivity contribution >= 4 is 32.9 Å². The summed E-state index contributed by atoms with van der Waals surface area (Å²) >= 11 is 5.48. The summed E-state index contributed by atoms with van der Waals surface area (Å²) in [6.45, 7) is 2.08. The fourth-order valence-corrected chi connectivity index (χ4v) is 4.95. The van der Waals surface area contributed by atoms with Crippen molar-refractivity contribution in [3.05, 3.63) is 57.9 Å². The van der Waals surface area contributed by atoms with Gasteiger partial charge in [0.2, 0.25) is 0 Å². The van der Waals surface area contributed by atoms with Gasteiger partial charge in [-0.25, -0.2) is 0 Å². The summed E-state index contributed by atoms with van der Waals surface area (Å²) in [6.07, 6.45) is 0. The van der Waals surface area contributed by atoms with Crippen molar-refractivity contribution in [2.45, 2.75) is 6.92 Å². The van der Waals surface area contributed by atoms with Gasteiger partial charge in [-0.2, -0.15) is 0 Å². The topological polar surface area (TPSA) is 20.2 Å². The zero-order valence-electron chi connectivity index (χ0n) is 10.8. The van der Waals surface area contributed by atoms with Crippen molar-refractivity contribution in [2.24, 2.45) is 0 Å². The molecule has 0 saturated carbocycles. The van der Waals surface area contributed by atoms with Crippen LogP contribution >= 0.6 is 32.9 Å². The van der Waals surface area contributed by atoms with Crippen LogP contribution in [0.3, 0.4) is 0 Å². The molecule has 1 heterocycles. The summed E-state index contributed by atoms with van der Waals surface area (Å²) in [4.78, 5) is 1.20. The molecule has 1 aromatic heterocycles. The quantitative estimate of drug-likeness (QED) is 0.470. The summed E-state index contributed by atoms with van der Waals surface area (Å²) in [5.74, 6) is 0.274. The minimum absolute atomic E-state index is 0.274. The standard InChI is InChI=1S/C16H12OS3/c1-10-2-4-12(5-3-10)15-14(16(18)20-19-15)11-6-8-13(17)9-7-11/h2-9,17H,1H3. The molecule has 1 nitrogen and oxygen atoms in total. The summed E-state index contributed by atoms with van der Waals surface area (Å²) in [6, 6.07) is 15.7. The van der Waals surface area contributed by atoms with E-state index in [1.807, 2.05) is 12.1 Å². The summed E-state index contributed by atoms with van der Waals surface area (Å²) < 4.78 is 0.899. The van der Waals surface area contributed by atoms with Crippen LogP contribution in [0.15, 0.2) is 48.5 Å². The van der Waals surface area contributed by atoms with Crippen molar-refractivity contribution in [2.75, 3.05) is 0 Å². The first-order chi connectivity index (χ1) is 9.65. The Hall–Kier alpha value is -1.49. The van der Waals surface area contributed by atoms with Crippen molar-refractivity contribution < 1.29 is 5.11 Å². The second-order valence-corrected chi connectivity index (χ2v) is 7.39. The maximum atomic E-state index is 9.42. The molecule has 0 aliphatic rings. The van der Waals surface area contributed by atoms with E-state index in [-0.39, 0.29) is 5.75 Å². The van der Waals surface area contributed by atoms with Crippen molar-refractivity contribution in [3.8, 4) is 27.3 Å². The van der Waals surface area contributed by atoms with Crippen molar-refractivity contribution in [1.82, 2.24) is 0 Å². The predicted molar refractivity (Wildman–Crippen MR) is 90.3 cm³/mol. The Kier molecular flexibility index (Phi) is 3.70. The van der Waals surface area contributed by atoms with Gasteiger partial charge in [0.15, 0.2) is 0 Å². The Labute approximate surface area is 130 Å². The van der Waals surface area contributed by atoms with E-state index in [0.717, 1.165) is 15.0 Å². The third-order valence-electron chi connectivity index (χ3n) is 3.10. The highest BCUT2D eigenvalue weighted by Crippen LogP contribution is 2.41. The van der Waals surface area contributed by atoms with Crippen LogP contribution in [0.5, 0.6) is 5.75 Å². The first-order valence-corrected chi connectivity index (χ1v) is 8.70. The molecular weight excluding hydrogens is 304 g/mol. The molecule has 2 aromatic carbocycles. The molecule has 0 unspecified atom stereocenters.